The standard InChI is InChI=1S/C22H27N6O8PS/c1-11(12-6-4-3-5-7-12)35-19(31)13-9-38-37(33,27-13)34-8-14-16(29)22(2,32)20(36-14)28-10-24-15-17(28)25-21(23)26-18(15)30/h3-7,10-11,13-14,16,20,29,32H,8-9H2,1-2H3,(H,27,33)(H3,23,25,26,30)/t11-,13?,14+,16+,20+,22+,37-/m0/s1. The van der Waals surface area contributed by atoms with Crippen molar-refractivity contribution in [1.29, 1.82) is 0 Å². The molecule has 0 aliphatic carbocycles. The van der Waals surface area contributed by atoms with Crippen molar-refractivity contribution in [2.75, 3.05) is 18.1 Å². The maximum Gasteiger partial charge on any atom is 0.327 e. The fourth-order valence-corrected chi connectivity index (χ4v) is 8.23. The molecule has 2 fully saturated rings. The summed E-state index contributed by atoms with van der Waals surface area (Å²) in [5.74, 6) is -0.561. The number of aromatic amines is 1. The minimum atomic E-state index is -3.55. The number of aliphatic hydroxyl groups excluding tert-OH is 1. The number of imidazole rings is 1. The Balaban J connectivity index is 1.23. The van der Waals surface area contributed by atoms with Gasteiger partial charge in [0.2, 0.25) is 5.95 Å². The lowest BCUT2D eigenvalue weighted by molar-refractivity contribution is -0.150. The van der Waals surface area contributed by atoms with Crippen LogP contribution in [0, 0.1) is 0 Å². The summed E-state index contributed by atoms with van der Waals surface area (Å²) in [6.07, 6.45) is -3.03. The summed E-state index contributed by atoms with van der Waals surface area (Å²) in [5.41, 5.74) is 4.07. The van der Waals surface area contributed by atoms with Crippen molar-refractivity contribution < 1.29 is 33.6 Å². The lowest BCUT2D eigenvalue weighted by atomic mass is 9.96. The van der Waals surface area contributed by atoms with Crippen LogP contribution in [0.15, 0.2) is 41.5 Å². The Morgan fingerprint density at radius 3 is 2.89 bits per heavy atom. The number of fused-ring (bicyclic) bond motifs is 1. The fraction of sp³-hybridized carbons (Fsp3) is 0.455. The predicted molar refractivity (Wildman–Crippen MR) is 137 cm³/mol. The van der Waals surface area contributed by atoms with E-state index in [1.54, 1.807) is 6.92 Å². The molecule has 2 aromatic heterocycles. The van der Waals surface area contributed by atoms with Gasteiger partial charge in [0, 0.05) is 5.75 Å². The topological polar surface area (TPSA) is 204 Å². The summed E-state index contributed by atoms with van der Waals surface area (Å²) < 4.78 is 31.5. The van der Waals surface area contributed by atoms with Gasteiger partial charge in [0.25, 0.3) is 5.56 Å². The van der Waals surface area contributed by atoms with Gasteiger partial charge in [-0.2, -0.15) is 4.98 Å². The van der Waals surface area contributed by atoms with Crippen LogP contribution < -0.4 is 16.4 Å². The van der Waals surface area contributed by atoms with Gasteiger partial charge in [0.05, 0.1) is 12.9 Å². The predicted octanol–water partition coefficient (Wildman–Crippen LogP) is 0.845. The molecule has 14 nitrogen and oxygen atoms in total. The van der Waals surface area contributed by atoms with Crippen LogP contribution in [0.25, 0.3) is 11.2 Å². The van der Waals surface area contributed by atoms with E-state index in [1.807, 2.05) is 30.3 Å². The van der Waals surface area contributed by atoms with Gasteiger partial charge < -0.3 is 29.9 Å². The highest BCUT2D eigenvalue weighted by Gasteiger charge is 2.54. The first-order valence-electron chi connectivity index (χ1n) is 11.7. The van der Waals surface area contributed by atoms with E-state index in [0.29, 0.717) is 0 Å². The summed E-state index contributed by atoms with van der Waals surface area (Å²) in [7, 11) is 0. The lowest BCUT2D eigenvalue weighted by Crippen LogP contribution is -2.44. The van der Waals surface area contributed by atoms with Crippen molar-refractivity contribution in [3.63, 3.8) is 0 Å². The van der Waals surface area contributed by atoms with Crippen molar-refractivity contribution in [3.05, 3.63) is 52.6 Å². The Kier molecular flexibility index (Phi) is 7.11. The Labute approximate surface area is 220 Å². The van der Waals surface area contributed by atoms with Gasteiger partial charge in [-0.15, -0.1) is 0 Å². The second-order valence-corrected chi connectivity index (χ2v) is 13.6. The van der Waals surface area contributed by atoms with E-state index in [9.17, 15) is 24.4 Å². The van der Waals surface area contributed by atoms with E-state index >= 15 is 0 Å². The zero-order valence-corrected chi connectivity index (χ0v) is 22.1. The SMILES string of the molecule is C[C@H](OC(=O)C1CS[P@@](=O)(OC[C@H]2O[C@@H](n3cnc4c(=O)[nH]c(N)nc43)[C@](C)(O)[C@@H]2O)N1)c1ccccc1. The quantitative estimate of drug-likeness (QED) is 0.199. The number of anilines is 1. The van der Waals surface area contributed by atoms with E-state index in [2.05, 4.69) is 20.0 Å². The molecule has 38 heavy (non-hydrogen) atoms. The Morgan fingerprint density at radius 1 is 1.42 bits per heavy atom. The highest BCUT2D eigenvalue weighted by Crippen LogP contribution is 2.61. The number of nitrogens with one attached hydrogen (secondary N) is 2. The van der Waals surface area contributed by atoms with Gasteiger partial charge >= 0.3 is 12.7 Å². The third kappa shape index (κ3) is 4.98. The molecule has 0 bridgehead atoms. The largest absolute Gasteiger partial charge is 0.457 e. The van der Waals surface area contributed by atoms with Crippen molar-refractivity contribution in [2.45, 2.75) is 50.0 Å². The van der Waals surface area contributed by atoms with Crippen LogP contribution >= 0.6 is 18.1 Å². The van der Waals surface area contributed by atoms with Crippen molar-refractivity contribution in [2.24, 2.45) is 0 Å². The van der Waals surface area contributed by atoms with Gasteiger partial charge in [0.1, 0.15) is 30.0 Å². The number of H-pyrrole nitrogens is 1. The van der Waals surface area contributed by atoms with Crippen LogP contribution in [0.1, 0.15) is 31.7 Å². The van der Waals surface area contributed by atoms with Crippen LogP contribution in [0.4, 0.5) is 5.95 Å². The molecule has 2 aliphatic heterocycles. The molecule has 6 N–H and O–H groups in total. The van der Waals surface area contributed by atoms with Gasteiger partial charge in [-0.05, 0) is 19.4 Å². The average molecular weight is 567 g/mol. The minimum Gasteiger partial charge on any atom is -0.457 e. The lowest BCUT2D eigenvalue weighted by Gasteiger charge is -2.27. The number of aromatic nitrogens is 4. The second kappa shape index (κ2) is 10.1. The Morgan fingerprint density at radius 2 is 2.16 bits per heavy atom. The van der Waals surface area contributed by atoms with Crippen LogP contribution in [-0.4, -0.2) is 71.9 Å². The number of esters is 1. The molecule has 7 atom stereocenters. The summed E-state index contributed by atoms with van der Waals surface area (Å²) in [6, 6.07) is 8.37. The third-order valence-electron chi connectivity index (χ3n) is 6.44. The van der Waals surface area contributed by atoms with E-state index < -0.39 is 54.4 Å². The molecule has 1 aromatic carbocycles. The molecular formula is C22H27N6O8PS. The van der Waals surface area contributed by atoms with E-state index in [1.165, 1.54) is 17.8 Å². The number of carbonyl (C=O) groups excluding carboxylic acids is 1. The smallest absolute Gasteiger partial charge is 0.327 e. The number of nitrogen functional groups attached to an aromatic ring is 1. The fourth-order valence-electron chi connectivity index (χ4n) is 4.35. The number of nitrogens with zero attached hydrogens (tertiary/aromatic N) is 3. The number of benzene rings is 1. The molecule has 0 radical (unpaired) electrons. The summed E-state index contributed by atoms with van der Waals surface area (Å²) >= 11 is 0.937. The highest BCUT2D eigenvalue weighted by molar-refractivity contribution is 8.56. The van der Waals surface area contributed by atoms with Crippen molar-refractivity contribution in [3.8, 4) is 0 Å². The molecule has 2 saturated heterocycles. The molecule has 4 heterocycles. The van der Waals surface area contributed by atoms with E-state index in [4.69, 9.17) is 19.7 Å². The molecule has 0 saturated carbocycles. The first-order valence-corrected chi connectivity index (χ1v) is 14.9. The molecular weight excluding hydrogens is 539 g/mol. The molecule has 16 heteroatoms. The number of aliphatic hydroxyl groups is 2. The molecule has 0 amide bonds. The van der Waals surface area contributed by atoms with E-state index in [0.717, 1.165) is 16.9 Å². The monoisotopic (exact) mass is 566 g/mol. The zero-order valence-electron chi connectivity index (χ0n) is 20.4. The maximum atomic E-state index is 13.2. The van der Waals surface area contributed by atoms with Gasteiger partial charge in [0.15, 0.2) is 17.4 Å². The summed E-state index contributed by atoms with van der Waals surface area (Å²) in [4.78, 5) is 35.1. The van der Waals surface area contributed by atoms with Gasteiger partial charge in [-0.25, -0.2) is 10.1 Å². The third-order valence-corrected chi connectivity index (χ3v) is 10.5. The number of rotatable bonds is 7. The first-order chi connectivity index (χ1) is 18.0. The van der Waals surface area contributed by atoms with Gasteiger partial charge in [-0.3, -0.25) is 23.7 Å². The highest BCUT2D eigenvalue weighted by atomic mass is 32.7. The number of ether oxygens (including phenoxy) is 2. The molecule has 204 valence electrons. The normalized spacial score (nSPS) is 32.0. The van der Waals surface area contributed by atoms with Crippen LogP contribution in [0.3, 0.4) is 0 Å². The maximum absolute atomic E-state index is 13.2. The average Bonchev–Trinajstić information content (AvgIpc) is 3.54. The Hall–Kier alpha value is -2.78. The zero-order chi connectivity index (χ0) is 27.2. The minimum absolute atomic E-state index is 0.0247. The van der Waals surface area contributed by atoms with Crippen LogP contribution in [0.5, 0.6) is 0 Å². The Bertz CT molecular complexity index is 1450. The molecule has 5 rings (SSSR count). The second-order valence-electron chi connectivity index (χ2n) is 9.23. The number of carbonyl (C=O) groups is 1. The summed E-state index contributed by atoms with van der Waals surface area (Å²) in [6.45, 7) is -0.825. The van der Waals surface area contributed by atoms with Crippen LogP contribution in [0.2, 0.25) is 0 Å². The molecule has 0 spiro atoms. The van der Waals surface area contributed by atoms with Crippen LogP contribution in [-0.2, 0) is 23.4 Å². The number of hydrogen-bond donors (Lipinski definition) is 5. The first kappa shape index (κ1) is 26.8. The molecule has 2 aliphatic rings. The molecule has 3 aromatic rings. The summed E-state index contributed by atoms with van der Waals surface area (Å²) in [5, 5.41) is 24.5. The number of nitrogens with two attached hydrogens (primary N) is 1. The number of hydrogen-bond acceptors (Lipinski definition) is 12. The van der Waals surface area contributed by atoms with Crippen molar-refractivity contribution >= 4 is 41.2 Å². The van der Waals surface area contributed by atoms with Gasteiger partial charge in [-0.1, -0.05) is 41.7 Å². The molecule has 1 unspecified atom stereocenters. The van der Waals surface area contributed by atoms with E-state index in [-0.39, 0.29) is 29.5 Å². The van der Waals surface area contributed by atoms with Crippen molar-refractivity contribution in [1.82, 2.24) is 24.6 Å².